The number of hydrogen-bond donors (Lipinski definition) is 0. The minimum atomic E-state index is -0.669. The normalized spacial score (nSPS) is 19.6. The van der Waals surface area contributed by atoms with Gasteiger partial charge in [0.25, 0.3) is 0 Å². The lowest BCUT2D eigenvalue weighted by atomic mass is 9.94. The lowest BCUT2D eigenvalue weighted by Crippen LogP contribution is -2.31. The molecular formula is C15H23FN2S. The van der Waals surface area contributed by atoms with Gasteiger partial charge in [0.15, 0.2) is 0 Å². The molecule has 1 aromatic rings. The van der Waals surface area contributed by atoms with E-state index < -0.39 is 6.17 Å². The van der Waals surface area contributed by atoms with E-state index >= 15 is 0 Å². The van der Waals surface area contributed by atoms with Gasteiger partial charge in [-0.3, -0.25) is 0 Å². The van der Waals surface area contributed by atoms with Gasteiger partial charge in [-0.1, -0.05) is 6.58 Å². The van der Waals surface area contributed by atoms with Crippen LogP contribution in [-0.4, -0.2) is 28.1 Å². The number of alkyl halides is 1. The molecule has 106 valence electrons. The maximum Gasteiger partial charge on any atom is 0.100 e. The molecule has 0 aromatic carbocycles. The summed E-state index contributed by atoms with van der Waals surface area (Å²) < 4.78 is 17.8. The van der Waals surface area contributed by atoms with E-state index in [1.54, 1.807) is 18.9 Å². The predicted octanol–water partition coefficient (Wildman–Crippen LogP) is 4.05. The highest BCUT2D eigenvalue weighted by molar-refractivity contribution is 7.97. The zero-order chi connectivity index (χ0) is 14.0. The average molecular weight is 282 g/mol. The molecule has 2 nitrogen and oxygen atoms in total. The summed E-state index contributed by atoms with van der Waals surface area (Å²) in [4.78, 5) is 1.28. The fraction of sp³-hybridized carbons (Fsp3) is 0.600. The van der Waals surface area contributed by atoms with Crippen molar-refractivity contribution in [2.75, 3.05) is 13.1 Å². The molecule has 1 unspecified atom stereocenters. The molecule has 2 heterocycles. The van der Waals surface area contributed by atoms with Gasteiger partial charge in [0.1, 0.15) is 6.17 Å². The van der Waals surface area contributed by atoms with Crippen LogP contribution in [0.1, 0.15) is 31.2 Å². The van der Waals surface area contributed by atoms with E-state index in [9.17, 15) is 4.39 Å². The first-order chi connectivity index (χ1) is 9.02. The Morgan fingerprint density at radius 1 is 1.47 bits per heavy atom. The van der Waals surface area contributed by atoms with Crippen LogP contribution < -0.4 is 0 Å². The highest BCUT2D eigenvalue weighted by Gasteiger charge is 2.24. The fourth-order valence-corrected chi connectivity index (χ4v) is 3.66. The largest absolute Gasteiger partial charge is 0.347 e. The highest BCUT2D eigenvalue weighted by Crippen LogP contribution is 2.33. The van der Waals surface area contributed by atoms with Gasteiger partial charge in [-0.2, -0.15) is 0 Å². The summed E-state index contributed by atoms with van der Waals surface area (Å²) in [5, 5.41) is 0. The molecule has 1 aromatic heterocycles. The minimum absolute atomic E-state index is 0.248. The van der Waals surface area contributed by atoms with Crippen LogP contribution >= 0.6 is 11.9 Å². The Hall–Kier alpha value is -0.740. The van der Waals surface area contributed by atoms with E-state index in [0.717, 1.165) is 31.6 Å². The van der Waals surface area contributed by atoms with Crippen LogP contribution in [0.15, 0.2) is 17.5 Å². The molecule has 0 saturated carbocycles. The summed E-state index contributed by atoms with van der Waals surface area (Å²) >= 11 is 1.80. The number of aromatic nitrogens is 1. The van der Waals surface area contributed by atoms with E-state index in [4.69, 9.17) is 0 Å². The molecule has 1 saturated heterocycles. The monoisotopic (exact) mass is 282 g/mol. The second kappa shape index (κ2) is 6.14. The van der Waals surface area contributed by atoms with E-state index in [0.29, 0.717) is 0 Å². The summed E-state index contributed by atoms with van der Waals surface area (Å²) in [5.74, 6) is 0.248. The molecule has 0 N–H and O–H groups in total. The van der Waals surface area contributed by atoms with Crippen molar-refractivity contribution in [1.29, 1.82) is 0 Å². The minimum Gasteiger partial charge on any atom is -0.347 e. The van der Waals surface area contributed by atoms with Crippen LogP contribution in [-0.2, 0) is 7.05 Å². The van der Waals surface area contributed by atoms with E-state index in [1.807, 2.05) is 6.08 Å². The van der Waals surface area contributed by atoms with Crippen molar-refractivity contribution in [3.8, 4) is 0 Å². The van der Waals surface area contributed by atoms with E-state index in [-0.39, 0.29) is 5.92 Å². The van der Waals surface area contributed by atoms with Crippen molar-refractivity contribution in [2.45, 2.75) is 37.8 Å². The third-order valence-electron chi connectivity index (χ3n) is 4.11. The van der Waals surface area contributed by atoms with Crippen molar-refractivity contribution in [3.05, 3.63) is 24.0 Å². The maximum atomic E-state index is 13.3. The maximum absolute atomic E-state index is 13.3. The van der Waals surface area contributed by atoms with Gasteiger partial charge >= 0.3 is 0 Å². The smallest absolute Gasteiger partial charge is 0.100 e. The zero-order valence-electron chi connectivity index (χ0n) is 12.0. The van der Waals surface area contributed by atoms with Crippen LogP contribution in [0.3, 0.4) is 0 Å². The standard InChI is InChI=1S/C15H23FN2S/c1-5-14-10-15(12(3)17(14)4)19-18-8-6-13(7-9-18)11(2)16/h5,10-11,13H,1,6-9H2,2-4H3. The molecule has 2 rings (SSSR count). The molecular weight excluding hydrogens is 259 g/mol. The van der Waals surface area contributed by atoms with Crippen LogP contribution in [0.5, 0.6) is 0 Å². The third-order valence-corrected chi connectivity index (χ3v) is 5.34. The van der Waals surface area contributed by atoms with Gasteiger partial charge in [0.2, 0.25) is 0 Å². The molecule has 1 aliphatic heterocycles. The predicted molar refractivity (Wildman–Crippen MR) is 81.0 cm³/mol. The van der Waals surface area contributed by atoms with Gasteiger partial charge in [-0.15, -0.1) is 0 Å². The lowest BCUT2D eigenvalue weighted by molar-refractivity contribution is 0.178. The van der Waals surface area contributed by atoms with E-state index in [2.05, 4.69) is 35.5 Å². The number of nitrogens with zero attached hydrogens (tertiary/aromatic N) is 2. The zero-order valence-corrected chi connectivity index (χ0v) is 12.8. The second-order valence-corrected chi connectivity index (χ2v) is 6.46. The summed E-state index contributed by atoms with van der Waals surface area (Å²) in [7, 11) is 2.06. The quantitative estimate of drug-likeness (QED) is 0.770. The molecule has 0 spiro atoms. The molecule has 4 heteroatoms. The average Bonchev–Trinajstić information content (AvgIpc) is 2.67. The third kappa shape index (κ3) is 3.23. The molecule has 1 aliphatic rings. The number of piperidine rings is 1. The molecule has 0 radical (unpaired) electrons. The first kappa shape index (κ1) is 14.7. The Balaban J connectivity index is 1.98. The summed E-state index contributed by atoms with van der Waals surface area (Å²) in [6, 6.07) is 2.18. The second-order valence-electron chi connectivity index (χ2n) is 5.32. The van der Waals surface area contributed by atoms with Gasteiger partial charge in [0, 0.05) is 36.4 Å². The Morgan fingerprint density at radius 2 is 2.11 bits per heavy atom. The molecule has 0 amide bonds. The molecule has 0 aliphatic carbocycles. The summed E-state index contributed by atoms with van der Waals surface area (Å²) in [6.07, 6.45) is 3.14. The Kier molecular flexibility index (Phi) is 4.74. The van der Waals surface area contributed by atoms with Crippen molar-refractivity contribution in [1.82, 2.24) is 8.87 Å². The summed E-state index contributed by atoms with van der Waals surface area (Å²) in [5.41, 5.74) is 2.41. The number of rotatable bonds is 4. The van der Waals surface area contributed by atoms with Gasteiger partial charge in [-0.05, 0) is 56.7 Å². The molecule has 19 heavy (non-hydrogen) atoms. The highest BCUT2D eigenvalue weighted by atomic mass is 32.2. The molecule has 1 atom stereocenters. The number of hydrogen-bond acceptors (Lipinski definition) is 2. The van der Waals surface area contributed by atoms with Crippen LogP contribution in [0.2, 0.25) is 0 Å². The van der Waals surface area contributed by atoms with Crippen molar-refractivity contribution in [3.63, 3.8) is 0 Å². The lowest BCUT2D eigenvalue weighted by Gasteiger charge is -2.31. The van der Waals surface area contributed by atoms with E-state index in [1.165, 1.54) is 10.6 Å². The van der Waals surface area contributed by atoms with Crippen molar-refractivity contribution < 1.29 is 4.39 Å². The van der Waals surface area contributed by atoms with Crippen LogP contribution in [0.25, 0.3) is 6.08 Å². The van der Waals surface area contributed by atoms with Gasteiger partial charge in [0.05, 0.1) is 0 Å². The number of halogens is 1. The first-order valence-electron chi connectivity index (χ1n) is 6.88. The van der Waals surface area contributed by atoms with Crippen molar-refractivity contribution in [2.24, 2.45) is 13.0 Å². The SMILES string of the molecule is C=Cc1cc(SN2CCC(C(C)F)CC2)c(C)n1C. The summed E-state index contributed by atoms with van der Waals surface area (Å²) in [6.45, 7) is 9.60. The Bertz CT molecular complexity index is 445. The molecule has 0 bridgehead atoms. The van der Waals surface area contributed by atoms with Gasteiger partial charge in [-0.25, -0.2) is 8.70 Å². The Morgan fingerprint density at radius 3 is 2.58 bits per heavy atom. The van der Waals surface area contributed by atoms with Crippen molar-refractivity contribution >= 4 is 18.0 Å². The topological polar surface area (TPSA) is 8.17 Å². The first-order valence-corrected chi connectivity index (χ1v) is 7.66. The van der Waals surface area contributed by atoms with Crippen LogP contribution in [0.4, 0.5) is 4.39 Å². The Labute approximate surface area is 119 Å². The van der Waals surface area contributed by atoms with Gasteiger partial charge < -0.3 is 4.57 Å². The van der Waals surface area contributed by atoms with Crippen LogP contribution in [0, 0.1) is 12.8 Å². The fourth-order valence-electron chi connectivity index (χ4n) is 2.55. The molecule has 1 fully saturated rings.